The number of pyridine rings is 1. The van der Waals surface area contributed by atoms with E-state index in [2.05, 4.69) is 15.1 Å². The van der Waals surface area contributed by atoms with Crippen LogP contribution in [0.25, 0.3) is 23.4 Å². The molecule has 1 aliphatic heterocycles. The van der Waals surface area contributed by atoms with Gasteiger partial charge in [-0.25, -0.2) is 4.79 Å². The number of amides is 1. The Bertz CT molecular complexity index is 1270. The van der Waals surface area contributed by atoms with Gasteiger partial charge in [-0.05, 0) is 42.5 Å². The monoisotopic (exact) mass is 495 g/mol. The Hall–Kier alpha value is -3.30. The molecule has 1 aliphatic rings. The number of aromatic nitrogens is 2. The Morgan fingerprint density at radius 1 is 1.15 bits per heavy atom. The molecule has 1 N–H and O–H groups in total. The van der Waals surface area contributed by atoms with Crippen LogP contribution in [0.5, 0.6) is 0 Å². The first-order chi connectivity index (χ1) is 15.6. The van der Waals surface area contributed by atoms with Gasteiger partial charge in [0.05, 0.1) is 22.6 Å². The maximum Gasteiger partial charge on any atom is 0.493 e. The van der Waals surface area contributed by atoms with Crippen LogP contribution in [-0.2, 0) is 11.2 Å². The zero-order valence-corrected chi connectivity index (χ0v) is 18.1. The molecule has 2 aromatic heterocycles. The van der Waals surface area contributed by atoms with Gasteiger partial charge in [0.15, 0.2) is 0 Å². The van der Waals surface area contributed by atoms with Gasteiger partial charge >= 0.3 is 12.1 Å². The van der Waals surface area contributed by atoms with Gasteiger partial charge in [-0.2, -0.15) is 17.9 Å². The SMILES string of the molecule is O=C1NCCc2c1cc(-c1ccnc(C=Cc3c(Cl)cccc3Cl)c1)n2OC(=O)C(F)(F)F. The minimum absolute atomic E-state index is 0.0995. The lowest BCUT2D eigenvalue weighted by Gasteiger charge is -2.17. The van der Waals surface area contributed by atoms with Crippen molar-refractivity contribution in [2.24, 2.45) is 0 Å². The summed E-state index contributed by atoms with van der Waals surface area (Å²) in [6, 6.07) is 9.52. The summed E-state index contributed by atoms with van der Waals surface area (Å²) in [7, 11) is 0. The van der Waals surface area contributed by atoms with Crippen LogP contribution in [0.15, 0.2) is 42.6 Å². The molecule has 0 radical (unpaired) electrons. The standard InChI is InChI=1S/C22H14Cl2F3N3O3/c23-16-2-1-3-17(24)14(16)5-4-13-10-12(6-8-28-13)19-11-15-18(7-9-29-20(15)31)30(19)33-21(32)22(25,26)27/h1-6,8,10-11H,7,9H2,(H,29,31). The third kappa shape index (κ3) is 4.74. The van der Waals surface area contributed by atoms with Gasteiger partial charge in [-0.1, -0.05) is 29.3 Å². The van der Waals surface area contributed by atoms with Crippen molar-refractivity contribution in [2.75, 3.05) is 6.54 Å². The van der Waals surface area contributed by atoms with Crippen molar-refractivity contribution in [3.63, 3.8) is 0 Å². The van der Waals surface area contributed by atoms with Crippen molar-refractivity contribution < 1.29 is 27.6 Å². The number of benzene rings is 1. The molecule has 3 heterocycles. The largest absolute Gasteiger partial charge is 0.493 e. The van der Waals surface area contributed by atoms with Gasteiger partial charge in [0.1, 0.15) is 0 Å². The molecule has 33 heavy (non-hydrogen) atoms. The fourth-order valence-corrected chi connectivity index (χ4v) is 3.86. The molecule has 170 valence electrons. The van der Waals surface area contributed by atoms with Crippen molar-refractivity contribution in [3.05, 3.63) is 75.2 Å². The molecule has 0 unspecified atom stereocenters. The van der Waals surface area contributed by atoms with Gasteiger partial charge in [0.25, 0.3) is 5.91 Å². The van der Waals surface area contributed by atoms with E-state index in [0.717, 1.165) is 4.73 Å². The molecule has 11 heteroatoms. The molecule has 0 fully saturated rings. The maximum atomic E-state index is 12.9. The van der Waals surface area contributed by atoms with Crippen LogP contribution >= 0.6 is 23.2 Å². The predicted octanol–water partition coefficient (Wildman–Crippen LogP) is 4.83. The number of carbonyl (C=O) groups excluding carboxylic acids is 2. The van der Waals surface area contributed by atoms with Crippen molar-refractivity contribution >= 4 is 47.2 Å². The lowest BCUT2D eigenvalue weighted by Crippen LogP contribution is -2.37. The average Bonchev–Trinajstić information content (AvgIpc) is 3.13. The van der Waals surface area contributed by atoms with E-state index in [1.807, 2.05) is 0 Å². The van der Waals surface area contributed by atoms with E-state index in [1.54, 1.807) is 36.4 Å². The van der Waals surface area contributed by atoms with Gasteiger partial charge < -0.3 is 10.2 Å². The van der Waals surface area contributed by atoms with Gasteiger partial charge in [0, 0.05) is 40.3 Å². The Morgan fingerprint density at radius 3 is 2.58 bits per heavy atom. The molecule has 0 aliphatic carbocycles. The third-order valence-electron chi connectivity index (χ3n) is 4.85. The van der Waals surface area contributed by atoms with Crippen LogP contribution in [0.4, 0.5) is 13.2 Å². The van der Waals surface area contributed by atoms with Gasteiger partial charge in [-0.15, -0.1) is 0 Å². The van der Waals surface area contributed by atoms with E-state index in [-0.39, 0.29) is 29.9 Å². The van der Waals surface area contributed by atoms with E-state index in [9.17, 15) is 22.8 Å². The summed E-state index contributed by atoms with van der Waals surface area (Å²) in [6.45, 7) is 0.196. The Morgan fingerprint density at radius 2 is 1.88 bits per heavy atom. The molecule has 0 saturated heterocycles. The fraction of sp³-hybridized carbons (Fsp3) is 0.136. The second-order valence-electron chi connectivity index (χ2n) is 7.00. The molecule has 1 aromatic carbocycles. The first-order valence-corrected chi connectivity index (χ1v) is 10.3. The summed E-state index contributed by atoms with van der Waals surface area (Å²) in [6.07, 6.45) is -0.303. The number of halogens is 5. The summed E-state index contributed by atoms with van der Waals surface area (Å²) in [4.78, 5) is 32.6. The summed E-state index contributed by atoms with van der Waals surface area (Å²) in [5, 5.41) is 3.47. The molecule has 3 aromatic rings. The number of rotatable bonds is 4. The zero-order valence-electron chi connectivity index (χ0n) is 16.6. The first kappa shape index (κ1) is 22.9. The third-order valence-corrected chi connectivity index (χ3v) is 5.51. The summed E-state index contributed by atoms with van der Waals surface area (Å²) in [5.41, 5.74) is 1.78. The highest BCUT2D eigenvalue weighted by Crippen LogP contribution is 2.30. The smallest absolute Gasteiger partial charge is 0.352 e. The van der Waals surface area contributed by atoms with E-state index < -0.39 is 18.1 Å². The van der Waals surface area contributed by atoms with Crippen LogP contribution in [-0.4, -0.2) is 34.3 Å². The molecule has 0 bridgehead atoms. The highest BCUT2D eigenvalue weighted by molar-refractivity contribution is 6.37. The number of carbonyl (C=O) groups is 2. The Kier molecular flexibility index (Phi) is 6.18. The van der Waals surface area contributed by atoms with Crippen LogP contribution in [0.2, 0.25) is 10.0 Å². The van der Waals surface area contributed by atoms with E-state index in [0.29, 0.717) is 26.9 Å². The normalized spacial score (nSPS) is 13.7. The topological polar surface area (TPSA) is 73.2 Å². The van der Waals surface area contributed by atoms with E-state index in [4.69, 9.17) is 23.2 Å². The Labute approximate surface area is 195 Å². The zero-order chi connectivity index (χ0) is 23.8. The molecule has 6 nitrogen and oxygen atoms in total. The number of nitrogens with zero attached hydrogens (tertiary/aromatic N) is 2. The van der Waals surface area contributed by atoms with Crippen LogP contribution in [0.3, 0.4) is 0 Å². The highest BCUT2D eigenvalue weighted by atomic mass is 35.5. The van der Waals surface area contributed by atoms with Crippen LogP contribution in [0.1, 0.15) is 27.3 Å². The van der Waals surface area contributed by atoms with E-state index >= 15 is 0 Å². The predicted molar refractivity (Wildman–Crippen MR) is 117 cm³/mol. The fourth-order valence-electron chi connectivity index (χ4n) is 3.33. The highest BCUT2D eigenvalue weighted by Gasteiger charge is 2.43. The van der Waals surface area contributed by atoms with Gasteiger partial charge in [0.2, 0.25) is 0 Å². The summed E-state index contributed by atoms with van der Waals surface area (Å²) >= 11 is 12.3. The summed E-state index contributed by atoms with van der Waals surface area (Å²) < 4.78 is 39.4. The maximum absolute atomic E-state index is 12.9. The van der Waals surface area contributed by atoms with E-state index in [1.165, 1.54) is 18.3 Å². The molecular weight excluding hydrogens is 482 g/mol. The number of fused-ring (bicyclic) bond motifs is 1. The molecule has 1 amide bonds. The van der Waals surface area contributed by atoms with Crippen molar-refractivity contribution in [2.45, 2.75) is 12.6 Å². The molecule has 0 atom stereocenters. The number of hydrogen-bond donors (Lipinski definition) is 1. The van der Waals surface area contributed by atoms with Crippen molar-refractivity contribution in [1.82, 2.24) is 15.0 Å². The molecule has 0 spiro atoms. The molecule has 0 saturated carbocycles. The van der Waals surface area contributed by atoms with Crippen LogP contribution < -0.4 is 10.2 Å². The minimum Gasteiger partial charge on any atom is -0.352 e. The molecule has 4 rings (SSSR count). The average molecular weight is 496 g/mol. The number of hydrogen-bond acceptors (Lipinski definition) is 4. The Balaban J connectivity index is 1.75. The van der Waals surface area contributed by atoms with Gasteiger partial charge in [-0.3, -0.25) is 9.78 Å². The molecular formula is C22H14Cl2F3N3O3. The first-order valence-electron chi connectivity index (χ1n) is 9.56. The lowest BCUT2D eigenvalue weighted by molar-refractivity contribution is -0.199. The lowest BCUT2D eigenvalue weighted by atomic mass is 10.1. The van der Waals surface area contributed by atoms with Crippen LogP contribution in [0, 0.1) is 0 Å². The minimum atomic E-state index is -5.20. The number of alkyl halides is 3. The van der Waals surface area contributed by atoms with Crippen molar-refractivity contribution in [3.8, 4) is 11.3 Å². The second kappa shape index (κ2) is 8.92. The summed E-state index contributed by atoms with van der Waals surface area (Å²) in [5.74, 6) is -2.86. The number of nitrogens with one attached hydrogen (secondary N) is 1. The quantitative estimate of drug-likeness (QED) is 0.562. The second-order valence-corrected chi connectivity index (χ2v) is 7.82. The van der Waals surface area contributed by atoms with Crippen molar-refractivity contribution in [1.29, 1.82) is 0 Å².